The molecule has 0 radical (unpaired) electrons. The molecule has 1 aliphatic rings. The summed E-state index contributed by atoms with van der Waals surface area (Å²) in [7, 11) is 0. The van der Waals surface area contributed by atoms with Gasteiger partial charge in [0.1, 0.15) is 0 Å². The Bertz CT molecular complexity index is 870. The van der Waals surface area contributed by atoms with E-state index in [1.807, 2.05) is 12.1 Å². The molecule has 1 aliphatic heterocycles. The molecule has 1 heterocycles. The SMILES string of the molecule is Cc1ccc(C)c(COc2ccc(C(=O)[AsH][C@@H]3CNCC[C@H]3C(=O)NO)cc2)c1. The molecule has 0 bridgehead atoms. The monoisotopic (exact) mass is 458 g/mol. The van der Waals surface area contributed by atoms with Crippen LogP contribution in [0.3, 0.4) is 0 Å². The first kappa shape index (κ1) is 21.6. The third-order valence-corrected chi connectivity index (χ3v) is 8.47. The number of hydrogen-bond acceptors (Lipinski definition) is 5. The van der Waals surface area contributed by atoms with Crippen molar-refractivity contribution in [2.24, 2.45) is 5.92 Å². The molecule has 1 unspecified atom stereocenters. The average Bonchev–Trinajstić information content (AvgIpc) is 2.74. The molecule has 3 atom stereocenters. The van der Waals surface area contributed by atoms with Crippen molar-refractivity contribution in [3.8, 4) is 5.75 Å². The molecule has 6 nitrogen and oxygen atoms in total. The molecule has 0 aromatic heterocycles. The van der Waals surface area contributed by atoms with Crippen LogP contribution < -0.4 is 15.5 Å². The van der Waals surface area contributed by atoms with E-state index < -0.39 is 15.8 Å². The molecular formula is C22H27AsN2O4. The van der Waals surface area contributed by atoms with E-state index in [2.05, 4.69) is 37.4 Å². The normalized spacial score (nSPS) is 19.3. The quantitative estimate of drug-likeness (QED) is 0.337. The molecular weight excluding hydrogens is 431 g/mol. The molecule has 0 spiro atoms. The van der Waals surface area contributed by atoms with Crippen molar-refractivity contribution in [3.63, 3.8) is 0 Å². The molecule has 1 fully saturated rings. The average molecular weight is 458 g/mol. The summed E-state index contributed by atoms with van der Waals surface area (Å²) in [5.41, 5.74) is 5.93. The summed E-state index contributed by atoms with van der Waals surface area (Å²) in [4.78, 5) is 24.6. The van der Waals surface area contributed by atoms with Crippen molar-refractivity contribution in [3.05, 3.63) is 64.7 Å². The topological polar surface area (TPSA) is 87.7 Å². The summed E-state index contributed by atoms with van der Waals surface area (Å²) in [5.74, 6) is 0.0351. The van der Waals surface area contributed by atoms with Gasteiger partial charge < -0.3 is 0 Å². The van der Waals surface area contributed by atoms with Gasteiger partial charge in [0.05, 0.1) is 0 Å². The molecule has 1 amide bonds. The number of carbonyl (C=O) groups excluding carboxylic acids is 2. The van der Waals surface area contributed by atoms with E-state index in [9.17, 15) is 9.59 Å². The van der Waals surface area contributed by atoms with Gasteiger partial charge in [-0.3, -0.25) is 0 Å². The Hall–Kier alpha value is -2.14. The number of amides is 1. The predicted octanol–water partition coefficient (Wildman–Crippen LogP) is 2.36. The fourth-order valence-corrected chi connectivity index (χ4v) is 6.49. The van der Waals surface area contributed by atoms with Crippen molar-refractivity contribution in [1.29, 1.82) is 0 Å². The number of piperidine rings is 1. The maximum absolute atomic E-state index is 12.7. The standard InChI is InChI=1S/C22H27AsN2O4/c1-14-3-4-15(2)17(11-14)13-29-18-7-5-16(6-8-18)21(26)23-20-12-24-10-9-19(20)22(27)25-28/h3-8,11,19-20,23-24,28H,9-10,12-13H2,1-2H3,(H,25,27)/t19-,20-/m1/s1. The molecule has 3 rings (SSSR count). The van der Waals surface area contributed by atoms with E-state index in [0.717, 1.165) is 17.9 Å². The maximum atomic E-state index is 12.7. The predicted molar refractivity (Wildman–Crippen MR) is 113 cm³/mol. The number of aryl methyl sites for hydroxylation is 2. The summed E-state index contributed by atoms with van der Waals surface area (Å²) in [6.45, 7) is 5.97. The van der Waals surface area contributed by atoms with Crippen LogP contribution in [0, 0.1) is 19.8 Å². The first-order valence-electron chi connectivity index (χ1n) is 9.72. The molecule has 1 saturated heterocycles. The number of benzene rings is 2. The Kier molecular flexibility index (Phi) is 7.48. The van der Waals surface area contributed by atoms with Gasteiger partial charge >= 0.3 is 178 Å². The third-order valence-electron chi connectivity index (χ3n) is 5.26. The van der Waals surface area contributed by atoms with Gasteiger partial charge in [0, 0.05) is 0 Å². The first-order chi connectivity index (χ1) is 14.0. The number of nitrogens with one attached hydrogen (secondary N) is 2. The molecule has 2 aromatic carbocycles. The van der Waals surface area contributed by atoms with Crippen molar-refractivity contribution < 1.29 is 19.5 Å². The Labute approximate surface area is 177 Å². The van der Waals surface area contributed by atoms with Crippen LogP contribution in [0.25, 0.3) is 0 Å². The second kappa shape index (κ2) is 10.1. The van der Waals surface area contributed by atoms with Crippen molar-refractivity contribution in [2.75, 3.05) is 13.1 Å². The van der Waals surface area contributed by atoms with Crippen LogP contribution in [-0.2, 0) is 11.4 Å². The van der Waals surface area contributed by atoms with E-state index in [0.29, 0.717) is 25.1 Å². The van der Waals surface area contributed by atoms with Crippen LogP contribution in [0.15, 0.2) is 42.5 Å². The second-order valence-electron chi connectivity index (χ2n) is 7.40. The summed E-state index contributed by atoms with van der Waals surface area (Å²) >= 11 is -1.05. The van der Waals surface area contributed by atoms with Crippen LogP contribution in [0.1, 0.15) is 33.5 Å². The Morgan fingerprint density at radius 2 is 1.97 bits per heavy atom. The zero-order chi connectivity index (χ0) is 20.8. The number of carbonyl (C=O) groups is 2. The van der Waals surface area contributed by atoms with Gasteiger partial charge in [-0.2, -0.15) is 0 Å². The van der Waals surface area contributed by atoms with E-state index in [1.54, 1.807) is 17.6 Å². The van der Waals surface area contributed by atoms with Gasteiger partial charge in [-0.25, -0.2) is 0 Å². The van der Waals surface area contributed by atoms with E-state index in [4.69, 9.17) is 9.94 Å². The number of hydrogen-bond donors (Lipinski definition) is 3. The molecule has 0 saturated carbocycles. The molecule has 0 aliphatic carbocycles. The minimum absolute atomic E-state index is 0.0105. The third kappa shape index (κ3) is 5.69. The van der Waals surface area contributed by atoms with Gasteiger partial charge in [-0.15, -0.1) is 0 Å². The van der Waals surface area contributed by atoms with Crippen LogP contribution in [0.5, 0.6) is 5.75 Å². The Balaban J connectivity index is 1.59. The van der Waals surface area contributed by atoms with E-state index >= 15 is 0 Å². The van der Waals surface area contributed by atoms with Crippen molar-refractivity contribution in [2.45, 2.75) is 31.6 Å². The van der Waals surface area contributed by atoms with Gasteiger partial charge in [-0.1, -0.05) is 0 Å². The van der Waals surface area contributed by atoms with Crippen LogP contribution in [-0.4, -0.2) is 44.5 Å². The number of rotatable bonds is 7. The zero-order valence-electron chi connectivity index (χ0n) is 16.7. The van der Waals surface area contributed by atoms with Crippen LogP contribution in [0.2, 0.25) is 4.71 Å². The van der Waals surface area contributed by atoms with Crippen LogP contribution >= 0.6 is 0 Å². The van der Waals surface area contributed by atoms with Crippen molar-refractivity contribution >= 4 is 26.2 Å². The fraction of sp³-hybridized carbons (Fsp3) is 0.364. The zero-order valence-corrected chi connectivity index (χ0v) is 18.8. The van der Waals surface area contributed by atoms with Gasteiger partial charge in [-0.05, 0) is 0 Å². The second-order valence-corrected chi connectivity index (χ2v) is 10.5. The summed E-state index contributed by atoms with van der Waals surface area (Å²) < 4.78 is 5.98. The van der Waals surface area contributed by atoms with E-state index in [-0.39, 0.29) is 21.1 Å². The summed E-state index contributed by atoms with van der Waals surface area (Å²) in [5, 5.41) is 12.2. The Morgan fingerprint density at radius 3 is 2.69 bits per heavy atom. The van der Waals surface area contributed by atoms with Crippen LogP contribution in [0.4, 0.5) is 0 Å². The fourth-order valence-electron chi connectivity index (χ4n) is 3.48. The molecule has 3 N–H and O–H groups in total. The van der Waals surface area contributed by atoms with Gasteiger partial charge in [0.25, 0.3) is 0 Å². The van der Waals surface area contributed by atoms with Gasteiger partial charge in [0.2, 0.25) is 0 Å². The molecule has 29 heavy (non-hydrogen) atoms. The van der Waals surface area contributed by atoms with E-state index in [1.165, 1.54) is 11.1 Å². The summed E-state index contributed by atoms with van der Waals surface area (Å²) in [6, 6.07) is 13.5. The Morgan fingerprint density at radius 1 is 1.21 bits per heavy atom. The molecule has 154 valence electrons. The molecule has 7 heteroatoms. The minimum atomic E-state index is -1.05. The number of hydroxylamine groups is 1. The summed E-state index contributed by atoms with van der Waals surface area (Å²) in [6.07, 6.45) is 0.638. The van der Waals surface area contributed by atoms with Gasteiger partial charge in [0.15, 0.2) is 0 Å². The van der Waals surface area contributed by atoms with Crippen molar-refractivity contribution in [1.82, 2.24) is 10.8 Å². The number of ether oxygens (including phenoxy) is 1. The molecule has 2 aromatic rings. The first-order valence-corrected chi connectivity index (χ1v) is 12.0.